The van der Waals surface area contributed by atoms with E-state index in [0.717, 1.165) is 38.4 Å². The van der Waals surface area contributed by atoms with E-state index >= 15 is 0 Å². The van der Waals surface area contributed by atoms with Crippen LogP contribution in [0, 0.1) is 5.92 Å². The van der Waals surface area contributed by atoms with Gasteiger partial charge in [0.25, 0.3) is 0 Å². The molecule has 1 aliphatic heterocycles. The van der Waals surface area contributed by atoms with Gasteiger partial charge in [0.05, 0.1) is 18.4 Å². The Morgan fingerprint density at radius 3 is 2.95 bits per heavy atom. The van der Waals surface area contributed by atoms with Crippen LogP contribution in [0.4, 0.5) is 5.69 Å². The molecule has 1 aromatic heterocycles. The van der Waals surface area contributed by atoms with E-state index in [2.05, 4.69) is 12.0 Å². The van der Waals surface area contributed by atoms with E-state index in [4.69, 9.17) is 5.73 Å². The van der Waals surface area contributed by atoms with E-state index < -0.39 is 0 Å². The van der Waals surface area contributed by atoms with E-state index in [-0.39, 0.29) is 0 Å². The largest absolute Gasteiger partial charge is 0.396 e. The molecule has 0 bridgehead atoms. The van der Waals surface area contributed by atoms with Gasteiger partial charge in [-0.2, -0.15) is 5.10 Å². The van der Waals surface area contributed by atoms with Gasteiger partial charge in [-0.3, -0.25) is 9.48 Å². The van der Waals surface area contributed by atoms with Crippen molar-refractivity contribution in [2.45, 2.75) is 45.6 Å². The standard InChI is InChI=1S/C14H24N4O/c1-2-3-12-4-5-14(19)17(7-6-12)8-9-18-11-13(15)10-16-18/h10-12H,2-9,15H2,1H3. The third-order valence-electron chi connectivity index (χ3n) is 3.88. The topological polar surface area (TPSA) is 64.2 Å². The number of likely N-dealkylation sites (tertiary alicyclic amines) is 1. The highest BCUT2D eigenvalue weighted by Gasteiger charge is 2.21. The zero-order valence-corrected chi connectivity index (χ0v) is 11.7. The lowest BCUT2D eigenvalue weighted by Crippen LogP contribution is -2.33. The Kier molecular flexibility index (Phi) is 4.82. The van der Waals surface area contributed by atoms with Crippen molar-refractivity contribution < 1.29 is 4.79 Å². The zero-order chi connectivity index (χ0) is 13.7. The first kappa shape index (κ1) is 13.9. The minimum Gasteiger partial charge on any atom is -0.396 e. The maximum Gasteiger partial charge on any atom is 0.222 e. The van der Waals surface area contributed by atoms with Crippen molar-refractivity contribution in [2.75, 3.05) is 18.8 Å². The summed E-state index contributed by atoms with van der Waals surface area (Å²) in [5.74, 6) is 1.01. The average molecular weight is 264 g/mol. The molecule has 0 saturated carbocycles. The number of nitrogens with zero attached hydrogens (tertiary/aromatic N) is 3. The molecule has 5 nitrogen and oxygen atoms in total. The van der Waals surface area contributed by atoms with Gasteiger partial charge in [-0.1, -0.05) is 19.8 Å². The predicted molar refractivity (Wildman–Crippen MR) is 75.5 cm³/mol. The van der Waals surface area contributed by atoms with Gasteiger partial charge in [-0.15, -0.1) is 0 Å². The lowest BCUT2D eigenvalue weighted by Gasteiger charge is -2.20. The van der Waals surface area contributed by atoms with Crippen molar-refractivity contribution in [1.82, 2.24) is 14.7 Å². The Hall–Kier alpha value is -1.52. The molecule has 106 valence electrons. The van der Waals surface area contributed by atoms with Crippen molar-refractivity contribution in [3.63, 3.8) is 0 Å². The van der Waals surface area contributed by atoms with Gasteiger partial charge in [0.1, 0.15) is 0 Å². The fourth-order valence-corrected chi connectivity index (χ4v) is 2.75. The molecule has 1 aliphatic rings. The summed E-state index contributed by atoms with van der Waals surface area (Å²) < 4.78 is 1.80. The summed E-state index contributed by atoms with van der Waals surface area (Å²) in [7, 11) is 0. The van der Waals surface area contributed by atoms with Crippen LogP contribution in [-0.2, 0) is 11.3 Å². The highest BCUT2D eigenvalue weighted by molar-refractivity contribution is 5.76. The molecule has 0 radical (unpaired) electrons. The van der Waals surface area contributed by atoms with E-state index in [1.807, 2.05) is 11.1 Å². The van der Waals surface area contributed by atoms with Crippen LogP contribution < -0.4 is 5.73 Å². The SMILES string of the molecule is CCCC1CCC(=O)N(CCn2cc(N)cn2)CC1. The molecule has 1 amide bonds. The average Bonchev–Trinajstić information content (AvgIpc) is 2.72. The summed E-state index contributed by atoms with van der Waals surface area (Å²) in [5, 5.41) is 4.15. The number of aromatic nitrogens is 2. The van der Waals surface area contributed by atoms with E-state index in [0.29, 0.717) is 18.0 Å². The molecule has 0 spiro atoms. The lowest BCUT2D eigenvalue weighted by atomic mass is 9.96. The van der Waals surface area contributed by atoms with Gasteiger partial charge in [0.15, 0.2) is 0 Å². The number of nitrogens with two attached hydrogens (primary N) is 1. The maximum absolute atomic E-state index is 12.1. The molecule has 1 unspecified atom stereocenters. The number of carbonyl (C=O) groups is 1. The first-order valence-corrected chi connectivity index (χ1v) is 7.24. The quantitative estimate of drug-likeness (QED) is 0.883. The summed E-state index contributed by atoms with van der Waals surface area (Å²) in [5.41, 5.74) is 6.30. The molecule has 5 heteroatoms. The number of rotatable bonds is 5. The molecule has 0 aliphatic carbocycles. The number of hydrogen-bond donors (Lipinski definition) is 1. The normalized spacial score (nSPS) is 20.6. The monoisotopic (exact) mass is 264 g/mol. The van der Waals surface area contributed by atoms with Crippen LogP contribution >= 0.6 is 0 Å². The second-order valence-electron chi connectivity index (χ2n) is 5.40. The third-order valence-corrected chi connectivity index (χ3v) is 3.88. The van der Waals surface area contributed by atoms with E-state index in [1.165, 1.54) is 12.8 Å². The Labute approximate surface area is 114 Å². The minimum atomic E-state index is 0.290. The number of anilines is 1. The highest BCUT2D eigenvalue weighted by atomic mass is 16.2. The Bertz CT molecular complexity index is 415. The zero-order valence-electron chi connectivity index (χ0n) is 11.7. The summed E-state index contributed by atoms with van der Waals surface area (Å²) in [6, 6.07) is 0. The Morgan fingerprint density at radius 1 is 1.42 bits per heavy atom. The number of hydrogen-bond acceptors (Lipinski definition) is 3. The van der Waals surface area contributed by atoms with Crippen LogP contribution in [0.15, 0.2) is 12.4 Å². The van der Waals surface area contributed by atoms with Crippen molar-refractivity contribution >= 4 is 11.6 Å². The predicted octanol–water partition coefficient (Wildman–Crippen LogP) is 1.89. The number of nitrogen functional groups attached to an aromatic ring is 1. The fraction of sp³-hybridized carbons (Fsp3) is 0.714. The molecule has 0 aromatic carbocycles. The molecular weight excluding hydrogens is 240 g/mol. The number of amides is 1. The molecular formula is C14H24N4O. The molecule has 1 fully saturated rings. The molecule has 1 aromatic rings. The van der Waals surface area contributed by atoms with Crippen LogP contribution in [0.2, 0.25) is 0 Å². The Balaban J connectivity index is 1.83. The molecule has 1 saturated heterocycles. The second kappa shape index (κ2) is 6.59. The summed E-state index contributed by atoms with van der Waals surface area (Å²) in [6.45, 7) is 4.56. The first-order valence-electron chi connectivity index (χ1n) is 7.24. The summed E-state index contributed by atoms with van der Waals surface area (Å²) in [6.07, 6.45) is 8.80. The van der Waals surface area contributed by atoms with E-state index in [1.54, 1.807) is 10.9 Å². The maximum atomic E-state index is 12.1. The van der Waals surface area contributed by atoms with Gasteiger partial charge >= 0.3 is 0 Å². The van der Waals surface area contributed by atoms with E-state index in [9.17, 15) is 4.79 Å². The van der Waals surface area contributed by atoms with Crippen LogP contribution in [0.3, 0.4) is 0 Å². The van der Waals surface area contributed by atoms with Gasteiger partial charge in [0, 0.05) is 25.7 Å². The summed E-state index contributed by atoms with van der Waals surface area (Å²) >= 11 is 0. The van der Waals surface area contributed by atoms with Gasteiger partial charge in [0.2, 0.25) is 5.91 Å². The van der Waals surface area contributed by atoms with Gasteiger partial charge < -0.3 is 10.6 Å². The minimum absolute atomic E-state index is 0.290. The lowest BCUT2D eigenvalue weighted by molar-refractivity contribution is -0.130. The van der Waals surface area contributed by atoms with Crippen molar-refractivity contribution in [1.29, 1.82) is 0 Å². The molecule has 19 heavy (non-hydrogen) atoms. The fourth-order valence-electron chi connectivity index (χ4n) is 2.75. The molecule has 2 heterocycles. The smallest absolute Gasteiger partial charge is 0.222 e. The summed E-state index contributed by atoms with van der Waals surface area (Å²) in [4.78, 5) is 14.0. The third kappa shape index (κ3) is 3.98. The molecule has 2 N–H and O–H groups in total. The number of carbonyl (C=O) groups excluding carboxylic acids is 1. The molecule has 2 rings (SSSR count). The van der Waals surface area contributed by atoms with Crippen molar-refractivity contribution in [3.8, 4) is 0 Å². The van der Waals surface area contributed by atoms with Crippen LogP contribution in [0.25, 0.3) is 0 Å². The van der Waals surface area contributed by atoms with Gasteiger partial charge in [-0.05, 0) is 18.8 Å². The van der Waals surface area contributed by atoms with Crippen LogP contribution in [0.5, 0.6) is 0 Å². The van der Waals surface area contributed by atoms with Crippen LogP contribution in [0.1, 0.15) is 39.0 Å². The molecule has 1 atom stereocenters. The van der Waals surface area contributed by atoms with Crippen LogP contribution in [-0.4, -0.2) is 33.7 Å². The highest BCUT2D eigenvalue weighted by Crippen LogP contribution is 2.22. The van der Waals surface area contributed by atoms with Gasteiger partial charge in [-0.25, -0.2) is 0 Å². The second-order valence-corrected chi connectivity index (χ2v) is 5.40. The van der Waals surface area contributed by atoms with Crippen molar-refractivity contribution in [2.24, 2.45) is 5.92 Å². The Morgan fingerprint density at radius 2 is 2.26 bits per heavy atom. The van der Waals surface area contributed by atoms with Crippen molar-refractivity contribution in [3.05, 3.63) is 12.4 Å². The first-order chi connectivity index (χ1) is 9.19.